The van der Waals surface area contributed by atoms with Crippen LogP contribution < -0.4 is 10.1 Å². The molecular formula is C14H20N2O2. The van der Waals surface area contributed by atoms with Crippen LogP contribution in [0.3, 0.4) is 0 Å². The average Bonchev–Trinajstić information content (AvgIpc) is 2.53. The third-order valence-corrected chi connectivity index (χ3v) is 3.21. The SMILES string of the molecule is CCOc1cccc(C2CC(=O)N(C)CCN2)c1. The van der Waals surface area contributed by atoms with Crippen LogP contribution in [-0.2, 0) is 4.79 Å². The third kappa shape index (κ3) is 3.01. The molecule has 4 nitrogen and oxygen atoms in total. The second kappa shape index (κ2) is 5.87. The molecule has 1 aliphatic heterocycles. The van der Waals surface area contributed by atoms with E-state index in [0.29, 0.717) is 13.0 Å². The van der Waals surface area contributed by atoms with E-state index in [2.05, 4.69) is 5.32 Å². The first kappa shape index (κ1) is 12.9. The Balaban J connectivity index is 2.14. The Morgan fingerprint density at radius 1 is 1.50 bits per heavy atom. The molecule has 1 fully saturated rings. The maximum absolute atomic E-state index is 11.9. The smallest absolute Gasteiger partial charge is 0.224 e. The standard InChI is InChI=1S/C14H20N2O2/c1-3-18-12-6-4-5-11(9-12)13-10-14(17)16(2)8-7-15-13/h4-6,9,13,15H,3,7-8,10H2,1-2H3. The second-order valence-electron chi connectivity index (χ2n) is 4.53. The van der Waals surface area contributed by atoms with Gasteiger partial charge in [-0.05, 0) is 24.6 Å². The fourth-order valence-corrected chi connectivity index (χ4v) is 2.16. The largest absolute Gasteiger partial charge is 0.494 e. The zero-order valence-electron chi connectivity index (χ0n) is 11.0. The van der Waals surface area contributed by atoms with E-state index in [1.54, 1.807) is 4.90 Å². The molecule has 0 aliphatic carbocycles. The number of nitrogens with zero attached hydrogens (tertiary/aromatic N) is 1. The minimum absolute atomic E-state index is 0.0860. The van der Waals surface area contributed by atoms with Gasteiger partial charge in [0, 0.05) is 32.6 Å². The van der Waals surface area contributed by atoms with E-state index in [9.17, 15) is 4.79 Å². The summed E-state index contributed by atoms with van der Waals surface area (Å²) in [5.41, 5.74) is 1.12. The first-order valence-corrected chi connectivity index (χ1v) is 6.41. The molecule has 1 aromatic carbocycles. The topological polar surface area (TPSA) is 41.6 Å². The number of carbonyl (C=O) groups excluding carboxylic acids is 1. The molecule has 1 atom stereocenters. The molecule has 98 valence electrons. The Morgan fingerprint density at radius 3 is 3.11 bits per heavy atom. The maximum Gasteiger partial charge on any atom is 0.224 e. The van der Waals surface area contributed by atoms with Gasteiger partial charge in [-0.2, -0.15) is 0 Å². The van der Waals surface area contributed by atoms with Gasteiger partial charge in [0.05, 0.1) is 6.61 Å². The molecule has 0 aromatic heterocycles. The van der Waals surface area contributed by atoms with Crippen molar-refractivity contribution in [2.45, 2.75) is 19.4 Å². The molecule has 1 aromatic rings. The summed E-state index contributed by atoms with van der Waals surface area (Å²) in [6.07, 6.45) is 0.506. The zero-order chi connectivity index (χ0) is 13.0. The van der Waals surface area contributed by atoms with Gasteiger partial charge in [-0.1, -0.05) is 12.1 Å². The van der Waals surface area contributed by atoms with Gasteiger partial charge in [0.1, 0.15) is 5.75 Å². The number of nitrogens with one attached hydrogen (secondary N) is 1. The van der Waals surface area contributed by atoms with Gasteiger partial charge in [0.15, 0.2) is 0 Å². The third-order valence-electron chi connectivity index (χ3n) is 3.21. The number of carbonyl (C=O) groups is 1. The highest BCUT2D eigenvalue weighted by Crippen LogP contribution is 2.23. The second-order valence-corrected chi connectivity index (χ2v) is 4.53. The van der Waals surface area contributed by atoms with Gasteiger partial charge in [-0.25, -0.2) is 0 Å². The Labute approximate surface area is 108 Å². The average molecular weight is 248 g/mol. The van der Waals surface area contributed by atoms with Crippen LogP contribution in [0.25, 0.3) is 0 Å². The lowest BCUT2D eigenvalue weighted by atomic mass is 10.0. The van der Waals surface area contributed by atoms with E-state index >= 15 is 0 Å². The molecule has 0 radical (unpaired) electrons. The Bertz CT molecular complexity index is 420. The number of hydrogen-bond donors (Lipinski definition) is 1. The van der Waals surface area contributed by atoms with Crippen molar-refractivity contribution in [2.75, 3.05) is 26.7 Å². The molecule has 1 heterocycles. The number of rotatable bonds is 3. The lowest BCUT2D eigenvalue weighted by Gasteiger charge is -2.16. The molecule has 1 unspecified atom stereocenters. The van der Waals surface area contributed by atoms with Crippen LogP contribution in [0.5, 0.6) is 5.75 Å². The number of amides is 1. The summed E-state index contributed by atoms with van der Waals surface area (Å²) in [7, 11) is 1.85. The van der Waals surface area contributed by atoms with Crippen molar-refractivity contribution < 1.29 is 9.53 Å². The molecule has 0 spiro atoms. The summed E-state index contributed by atoms with van der Waals surface area (Å²) in [6.45, 7) is 4.21. The van der Waals surface area contributed by atoms with Gasteiger partial charge in [-0.15, -0.1) is 0 Å². The lowest BCUT2D eigenvalue weighted by Crippen LogP contribution is -2.27. The van der Waals surface area contributed by atoms with E-state index in [0.717, 1.165) is 24.4 Å². The van der Waals surface area contributed by atoms with E-state index in [4.69, 9.17) is 4.74 Å². The summed E-state index contributed by atoms with van der Waals surface area (Å²) < 4.78 is 5.49. The molecule has 2 rings (SSSR count). The van der Waals surface area contributed by atoms with Crippen molar-refractivity contribution in [3.63, 3.8) is 0 Å². The molecular weight excluding hydrogens is 228 g/mol. The first-order valence-electron chi connectivity index (χ1n) is 6.41. The molecule has 18 heavy (non-hydrogen) atoms. The summed E-state index contributed by atoms with van der Waals surface area (Å²) in [4.78, 5) is 13.6. The van der Waals surface area contributed by atoms with Crippen LogP contribution >= 0.6 is 0 Å². The van der Waals surface area contributed by atoms with Crippen molar-refractivity contribution in [1.82, 2.24) is 10.2 Å². The summed E-state index contributed by atoms with van der Waals surface area (Å²) in [6, 6.07) is 8.06. The van der Waals surface area contributed by atoms with Crippen LogP contribution in [-0.4, -0.2) is 37.6 Å². The fourth-order valence-electron chi connectivity index (χ4n) is 2.16. The van der Waals surface area contributed by atoms with Crippen molar-refractivity contribution >= 4 is 5.91 Å². The predicted octanol–water partition coefficient (Wildman–Crippen LogP) is 1.58. The van der Waals surface area contributed by atoms with Gasteiger partial charge >= 0.3 is 0 Å². The quantitative estimate of drug-likeness (QED) is 0.883. The Hall–Kier alpha value is -1.55. The normalized spacial score (nSPS) is 20.7. The van der Waals surface area contributed by atoms with Crippen LogP contribution in [0.2, 0.25) is 0 Å². The number of ether oxygens (including phenoxy) is 1. The lowest BCUT2D eigenvalue weighted by molar-refractivity contribution is -0.129. The Kier molecular flexibility index (Phi) is 4.20. The van der Waals surface area contributed by atoms with Gasteiger partial charge in [-0.3, -0.25) is 4.79 Å². The van der Waals surface area contributed by atoms with Crippen LogP contribution in [0.1, 0.15) is 24.9 Å². The maximum atomic E-state index is 11.9. The number of benzene rings is 1. The van der Waals surface area contributed by atoms with Gasteiger partial charge in [0.2, 0.25) is 5.91 Å². The van der Waals surface area contributed by atoms with E-state index in [-0.39, 0.29) is 11.9 Å². The molecule has 1 saturated heterocycles. The number of likely N-dealkylation sites (N-methyl/N-ethyl adjacent to an activating group) is 1. The van der Waals surface area contributed by atoms with Crippen molar-refractivity contribution in [1.29, 1.82) is 0 Å². The molecule has 4 heteroatoms. The predicted molar refractivity (Wildman–Crippen MR) is 70.6 cm³/mol. The van der Waals surface area contributed by atoms with Gasteiger partial charge < -0.3 is 15.0 Å². The fraction of sp³-hybridized carbons (Fsp3) is 0.500. The minimum Gasteiger partial charge on any atom is -0.494 e. The van der Waals surface area contributed by atoms with E-state index in [1.807, 2.05) is 38.2 Å². The van der Waals surface area contributed by atoms with E-state index in [1.165, 1.54) is 0 Å². The zero-order valence-corrected chi connectivity index (χ0v) is 11.0. The van der Waals surface area contributed by atoms with Gasteiger partial charge in [0.25, 0.3) is 0 Å². The highest BCUT2D eigenvalue weighted by atomic mass is 16.5. The van der Waals surface area contributed by atoms with Crippen molar-refractivity contribution in [3.8, 4) is 5.75 Å². The monoisotopic (exact) mass is 248 g/mol. The molecule has 1 N–H and O–H groups in total. The van der Waals surface area contributed by atoms with E-state index < -0.39 is 0 Å². The summed E-state index contributed by atoms with van der Waals surface area (Å²) in [5, 5.41) is 3.41. The van der Waals surface area contributed by atoms with Crippen LogP contribution in [0.4, 0.5) is 0 Å². The molecule has 1 aliphatic rings. The molecule has 1 amide bonds. The van der Waals surface area contributed by atoms with Crippen molar-refractivity contribution in [3.05, 3.63) is 29.8 Å². The highest BCUT2D eigenvalue weighted by molar-refractivity contribution is 5.77. The first-order chi connectivity index (χ1) is 8.70. The van der Waals surface area contributed by atoms with Crippen LogP contribution in [0.15, 0.2) is 24.3 Å². The summed E-state index contributed by atoms with van der Waals surface area (Å²) in [5.74, 6) is 1.05. The number of hydrogen-bond acceptors (Lipinski definition) is 3. The highest BCUT2D eigenvalue weighted by Gasteiger charge is 2.21. The Morgan fingerprint density at radius 2 is 2.33 bits per heavy atom. The molecule has 0 saturated carbocycles. The van der Waals surface area contributed by atoms with Crippen LogP contribution in [0, 0.1) is 0 Å². The van der Waals surface area contributed by atoms with Crippen molar-refractivity contribution in [2.24, 2.45) is 0 Å². The summed E-state index contributed by atoms with van der Waals surface area (Å²) >= 11 is 0. The minimum atomic E-state index is 0.0860. The molecule has 0 bridgehead atoms.